The van der Waals surface area contributed by atoms with Gasteiger partial charge in [0.25, 0.3) is 0 Å². The van der Waals surface area contributed by atoms with E-state index in [2.05, 4.69) is 0 Å². The second-order valence-electron chi connectivity index (χ2n) is 8.60. The SMILES string of the molecule is O=C(OCc1ccccc1)[C@@H]1C[C@@H]2CCCC[C@@H]2N1S(=O)(=O)c1ccc2c(c1)OCCO2. The van der Waals surface area contributed by atoms with Gasteiger partial charge in [-0.2, -0.15) is 4.31 Å². The standard InChI is InChI=1S/C24H27NO6S/c26-24(31-16-17-6-2-1-3-7-17)21-14-18-8-4-5-9-20(18)25(21)32(27,28)19-10-11-22-23(15-19)30-13-12-29-22/h1-3,6-7,10-11,15,18,20-21H,4-5,8-9,12-14,16H2/t18-,20-,21-/m0/s1. The van der Waals surface area contributed by atoms with E-state index in [0.717, 1.165) is 31.2 Å². The van der Waals surface area contributed by atoms with Gasteiger partial charge in [-0.3, -0.25) is 4.79 Å². The topological polar surface area (TPSA) is 82.1 Å². The van der Waals surface area contributed by atoms with Gasteiger partial charge in [0.1, 0.15) is 25.9 Å². The third-order valence-electron chi connectivity index (χ3n) is 6.61. The van der Waals surface area contributed by atoms with Gasteiger partial charge in [0.15, 0.2) is 11.5 Å². The van der Waals surface area contributed by atoms with Crippen molar-refractivity contribution in [2.45, 2.75) is 55.7 Å². The molecule has 3 aliphatic rings. The molecule has 7 nitrogen and oxygen atoms in total. The molecule has 2 heterocycles. The first-order valence-corrected chi connectivity index (χ1v) is 12.6. The highest BCUT2D eigenvalue weighted by Gasteiger charge is 2.51. The molecule has 1 aliphatic carbocycles. The average molecular weight is 458 g/mol. The Morgan fingerprint density at radius 1 is 1.00 bits per heavy atom. The Bertz CT molecular complexity index is 1090. The van der Waals surface area contributed by atoms with Crippen LogP contribution >= 0.6 is 0 Å². The number of esters is 1. The molecule has 0 spiro atoms. The van der Waals surface area contributed by atoms with E-state index in [1.807, 2.05) is 30.3 Å². The molecule has 170 valence electrons. The minimum atomic E-state index is -3.92. The molecule has 0 aromatic heterocycles. The Kier molecular flexibility index (Phi) is 5.82. The smallest absolute Gasteiger partial charge is 0.324 e. The Balaban J connectivity index is 1.43. The zero-order valence-electron chi connectivity index (χ0n) is 17.8. The van der Waals surface area contributed by atoms with Gasteiger partial charge in [0.2, 0.25) is 10.0 Å². The molecule has 2 fully saturated rings. The van der Waals surface area contributed by atoms with Crippen molar-refractivity contribution in [1.82, 2.24) is 4.31 Å². The fraction of sp³-hybridized carbons (Fsp3) is 0.458. The molecule has 32 heavy (non-hydrogen) atoms. The molecule has 0 unspecified atom stereocenters. The lowest BCUT2D eigenvalue weighted by atomic mass is 9.85. The molecule has 0 N–H and O–H groups in total. The first-order chi connectivity index (χ1) is 15.5. The van der Waals surface area contributed by atoms with Gasteiger partial charge in [-0.15, -0.1) is 0 Å². The van der Waals surface area contributed by atoms with Crippen LogP contribution in [0.5, 0.6) is 11.5 Å². The van der Waals surface area contributed by atoms with Crippen LogP contribution in [0.15, 0.2) is 53.4 Å². The van der Waals surface area contributed by atoms with Gasteiger partial charge in [0, 0.05) is 12.1 Å². The Labute approximate surface area is 188 Å². The second-order valence-corrected chi connectivity index (χ2v) is 10.4. The second kappa shape index (κ2) is 8.75. The van der Waals surface area contributed by atoms with Crippen molar-refractivity contribution >= 4 is 16.0 Å². The maximum Gasteiger partial charge on any atom is 0.324 e. The van der Waals surface area contributed by atoms with Crippen molar-refractivity contribution < 1.29 is 27.4 Å². The summed E-state index contributed by atoms with van der Waals surface area (Å²) in [4.78, 5) is 13.2. The van der Waals surface area contributed by atoms with Gasteiger partial charge in [0.05, 0.1) is 4.90 Å². The van der Waals surface area contributed by atoms with Crippen LogP contribution in [0.3, 0.4) is 0 Å². The number of carbonyl (C=O) groups is 1. The van der Waals surface area contributed by atoms with Crippen LogP contribution < -0.4 is 9.47 Å². The lowest BCUT2D eigenvalue weighted by Gasteiger charge is -2.32. The van der Waals surface area contributed by atoms with Gasteiger partial charge in [-0.25, -0.2) is 8.42 Å². The lowest BCUT2D eigenvalue weighted by Crippen LogP contribution is -2.46. The highest BCUT2D eigenvalue weighted by atomic mass is 32.2. The summed E-state index contributed by atoms with van der Waals surface area (Å²) in [7, 11) is -3.92. The third kappa shape index (κ3) is 3.97. The molecule has 1 saturated carbocycles. The number of hydrogen-bond acceptors (Lipinski definition) is 6. The van der Waals surface area contributed by atoms with Crippen LogP contribution in [0.4, 0.5) is 0 Å². The number of sulfonamides is 1. The minimum Gasteiger partial charge on any atom is -0.486 e. The minimum absolute atomic E-state index is 0.119. The summed E-state index contributed by atoms with van der Waals surface area (Å²) in [6.45, 7) is 0.938. The van der Waals surface area contributed by atoms with Crippen LogP contribution in [0.2, 0.25) is 0 Å². The van der Waals surface area contributed by atoms with Crippen molar-refractivity contribution in [3.05, 3.63) is 54.1 Å². The Morgan fingerprint density at radius 2 is 1.75 bits per heavy atom. The van der Waals surface area contributed by atoms with E-state index in [0.29, 0.717) is 31.1 Å². The highest BCUT2D eigenvalue weighted by Crippen LogP contribution is 2.44. The molecule has 5 rings (SSSR count). The summed E-state index contributed by atoms with van der Waals surface area (Å²) in [5.74, 6) is 0.639. The zero-order chi connectivity index (χ0) is 22.1. The summed E-state index contributed by atoms with van der Waals surface area (Å²) in [5.41, 5.74) is 0.873. The molecule has 0 bridgehead atoms. The number of rotatable bonds is 5. The van der Waals surface area contributed by atoms with Gasteiger partial charge in [-0.1, -0.05) is 43.2 Å². The van der Waals surface area contributed by atoms with E-state index in [4.69, 9.17) is 14.2 Å². The monoisotopic (exact) mass is 457 g/mol. The predicted octanol–water partition coefficient (Wildman–Crippen LogP) is 3.52. The molecular weight excluding hydrogens is 430 g/mol. The van der Waals surface area contributed by atoms with Crippen molar-refractivity contribution in [3.8, 4) is 11.5 Å². The molecule has 2 aromatic carbocycles. The van der Waals surface area contributed by atoms with E-state index in [9.17, 15) is 13.2 Å². The van der Waals surface area contributed by atoms with Crippen molar-refractivity contribution in [3.63, 3.8) is 0 Å². The van der Waals surface area contributed by atoms with Crippen LogP contribution in [0.1, 0.15) is 37.7 Å². The Morgan fingerprint density at radius 3 is 2.56 bits per heavy atom. The van der Waals surface area contributed by atoms with E-state index in [1.54, 1.807) is 6.07 Å². The van der Waals surface area contributed by atoms with Crippen molar-refractivity contribution in [2.75, 3.05) is 13.2 Å². The summed E-state index contributed by atoms with van der Waals surface area (Å²) in [6, 6.07) is 13.1. The first-order valence-electron chi connectivity index (χ1n) is 11.2. The van der Waals surface area contributed by atoms with Crippen LogP contribution in [0, 0.1) is 5.92 Å². The van der Waals surface area contributed by atoms with Crippen molar-refractivity contribution in [2.24, 2.45) is 5.92 Å². The summed E-state index contributed by atoms with van der Waals surface area (Å²) < 4.78 is 45.7. The number of nitrogens with zero attached hydrogens (tertiary/aromatic N) is 1. The number of benzene rings is 2. The molecule has 0 radical (unpaired) electrons. The number of carbonyl (C=O) groups excluding carboxylic acids is 1. The zero-order valence-corrected chi connectivity index (χ0v) is 18.6. The maximum atomic E-state index is 13.8. The molecule has 3 atom stereocenters. The quantitative estimate of drug-likeness (QED) is 0.639. The van der Waals surface area contributed by atoms with Crippen molar-refractivity contribution in [1.29, 1.82) is 0 Å². The van der Waals surface area contributed by atoms with Crippen LogP contribution in [-0.4, -0.2) is 44.0 Å². The highest BCUT2D eigenvalue weighted by molar-refractivity contribution is 7.89. The maximum absolute atomic E-state index is 13.8. The summed E-state index contributed by atoms with van der Waals surface area (Å²) >= 11 is 0. The lowest BCUT2D eigenvalue weighted by molar-refractivity contribution is -0.149. The number of fused-ring (bicyclic) bond motifs is 2. The van der Waals surface area contributed by atoms with Gasteiger partial charge in [-0.05, 0) is 42.9 Å². The number of ether oxygens (including phenoxy) is 3. The van der Waals surface area contributed by atoms with E-state index >= 15 is 0 Å². The molecule has 2 aromatic rings. The summed E-state index contributed by atoms with van der Waals surface area (Å²) in [6.07, 6.45) is 4.21. The first kappa shape index (κ1) is 21.3. The van der Waals surface area contributed by atoms with Crippen LogP contribution in [0.25, 0.3) is 0 Å². The van der Waals surface area contributed by atoms with E-state index < -0.39 is 22.0 Å². The van der Waals surface area contributed by atoms with Gasteiger partial charge < -0.3 is 14.2 Å². The normalized spacial score (nSPS) is 25.2. The fourth-order valence-corrected chi connectivity index (χ4v) is 6.98. The largest absolute Gasteiger partial charge is 0.486 e. The molecule has 2 aliphatic heterocycles. The third-order valence-corrected chi connectivity index (χ3v) is 8.54. The molecular formula is C24H27NO6S. The van der Waals surface area contributed by atoms with E-state index in [-0.39, 0.29) is 23.5 Å². The Hall–Kier alpha value is -2.58. The average Bonchev–Trinajstić information content (AvgIpc) is 3.23. The molecule has 0 amide bonds. The molecule has 1 saturated heterocycles. The molecule has 8 heteroatoms. The predicted molar refractivity (Wildman–Crippen MR) is 117 cm³/mol. The number of hydrogen-bond donors (Lipinski definition) is 0. The fourth-order valence-electron chi connectivity index (χ4n) is 5.10. The van der Waals surface area contributed by atoms with Crippen LogP contribution in [-0.2, 0) is 26.2 Å². The van der Waals surface area contributed by atoms with E-state index in [1.165, 1.54) is 16.4 Å². The summed E-state index contributed by atoms with van der Waals surface area (Å²) in [5, 5.41) is 0. The van der Waals surface area contributed by atoms with Gasteiger partial charge >= 0.3 is 5.97 Å².